The molecule has 0 aliphatic rings. The van der Waals surface area contributed by atoms with Gasteiger partial charge in [0.15, 0.2) is 0 Å². The molecule has 17 heavy (non-hydrogen) atoms. The number of pyridine rings is 1. The molecule has 1 aromatic heterocycles. The predicted octanol–water partition coefficient (Wildman–Crippen LogP) is 2.28. The second kappa shape index (κ2) is 7.41. The minimum Gasteiger partial charge on any atom is -0.327 e. The predicted molar refractivity (Wildman–Crippen MR) is 72.6 cm³/mol. The van der Waals surface area contributed by atoms with Crippen LogP contribution in [-0.4, -0.2) is 29.0 Å². The van der Waals surface area contributed by atoms with Crippen LogP contribution in [-0.2, 0) is 6.54 Å². The van der Waals surface area contributed by atoms with E-state index in [0.717, 1.165) is 26.1 Å². The SMILES string of the molecule is CCN(CC[C@@H](N)C(C)C)Cc1ccncc1. The molecule has 1 heterocycles. The maximum absolute atomic E-state index is 6.08. The van der Waals surface area contributed by atoms with E-state index < -0.39 is 0 Å². The Labute approximate surface area is 105 Å². The molecular formula is C14H25N3. The Balaban J connectivity index is 2.39. The third-order valence-corrected chi connectivity index (χ3v) is 3.24. The van der Waals surface area contributed by atoms with E-state index in [0.29, 0.717) is 12.0 Å². The van der Waals surface area contributed by atoms with Gasteiger partial charge in [-0.3, -0.25) is 9.88 Å². The Morgan fingerprint density at radius 1 is 1.29 bits per heavy atom. The number of nitrogens with zero attached hydrogens (tertiary/aromatic N) is 2. The molecule has 3 heteroatoms. The van der Waals surface area contributed by atoms with E-state index in [1.807, 2.05) is 12.4 Å². The van der Waals surface area contributed by atoms with Crippen LogP contribution in [0.25, 0.3) is 0 Å². The number of hydrogen-bond donors (Lipinski definition) is 1. The van der Waals surface area contributed by atoms with Gasteiger partial charge < -0.3 is 5.73 Å². The maximum Gasteiger partial charge on any atom is 0.0271 e. The smallest absolute Gasteiger partial charge is 0.0271 e. The number of hydrogen-bond acceptors (Lipinski definition) is 3. The lowest BCUT2D eigenvalue weighted by Crippen LogP contribution is -2.33. The second-order valence-corrected chi connectivity index (χ2v) is 4.92. The van der Waals surface area contributed by atoms with Gasteiger partial charge in [0.2, 0.25) is 0 Å². The molecular weight excluding hydrogens is 210 g/mol. The molecule has 96 valence electrons. The first-order valence-corrected chi connectivity index (χ1v) is 6.50. The molecule has 0 aliphatic carbocycles. The van der Waals surface area contributed by atoms with Gasteiger partial charge in [0.25, 0.3) is 0 Å². The van der Waals surface area contributed by atoms with Crippen LogP contribution in [0.1, 0.15) is 32.8 Å². The van der Waals surface area contributed by atoms with E-state index in [4.69, 9.17) is 5.73 Å². The highest BCUT2D eigenvalue weighted by molar-refractivity contribution is 5.09. The van der Waals surface area contributed by atoms with Gasteiger partial charge in [-0.15, -0.1) is 0 Å². The molecule has 0 fully saturated rings. The van der Waals surface area contributed by atoms with E-state index in [1.165, 1.54) is 5.56 Å². The first kappa shape index (κ1) is 14.1. The summed E-state index contributed by atoms with van der Waals surface area (Å²) >= 11 is 0. The standard InChI is InChI=1S/C14H25N3/c1-4-17(10-7-14(15)12(2)3)11-13-5-8-16-9-6-13/h5-6,8-9,12,14H,4,7,10-11,15H2,1-3H3/t14-/m1/s1. The summed E-state index contributed by atoms with van der Waals surface area (Å²) in [5.74, 6) is 0.564. The Kier molecular flexibility index (Phi) is 6.16. The quantitative estimate of drug-likeness (QED) is 0.788. The normalized spacial score (nSPS) is 13.3. The molecule has 3 nitrogen and oxygen atoms in total. The van der Waals surface area contributed by atoms with Gasteiger partial charge in [0, 0.05) is 25.0 Å². The van der Waals surface area contributed by atoms with Gasteiger partial charge in [-0.2, -0.15) is 0 Å². The van der Waals surface area contributed by atoms with Crippen LogP contribution in [0.4, 0.5) is 0 Å². The van der Waals surface area contributed by atoms with Crippen LogP contribution >= 0.6 is 0 Å². The highest BCUT2D eigenvalue weighted by Gasteiger charge is 2.10. The van der Waals surface area contributed by atoms with E-state index in [2.05, 4.69) is 42.8 Å². The molecule has 0 unspecified atom stereocenters. The molecule has 0 bridgehead atoms. The summed E-state index contributed by atoms with van der Waals surface area (Å²) in [7, 11) is 0. The molecule has 1 rings (SSSR count). The van der Waals surface area contributed by atoms with E-state index in [9.17, 15) is 0 Å². The lowest BCUT2D eigenvalue weighted by Gasteiger charge is -2.23. The third-order valence-electron chi connectivity index (χ3n) is 3.24. The van der Waals surface area contributed by atoms with Crippen molar-refractivity contribution in [3.8, 4) is 0 Å². The fourth-order valence-electron chi connectivity index (χ4n) is 1.76. The second-order valence-electron chi connectivity index (χ2n) is 4.92. The zero-order valence-electron chi connectivity index (χ0n) is 11.3. The van der Waals surface area contributed by atoms with E-state index in [1.54, 1.807) is 0 Å². The lowest BCUT2D eigenvalue weighted by atomic mass is 10.0. The van der Waals surface area contributed by atoms with Crippen molar-refractivity contribution in [2.24, 2.45) is 11.7 Å². The molecule has 0 amide bonds. The average molecular weight is 235 g/mol. The summed E-state index contributed by atoms with van der Waals surface area (Å²) in [5.41, 5.74) is 7.40. The fourth-order valence-corrected chi connectivity index (χ4v) is 1.76. The average Bonchev–Trinajstić information content (AvgIpc) is 2.35. The number of aromatic nitrogens is 1. The number of nitrogens with two attached hydrogens (primary N) is 1. The molecule has 0 aromatic carbocycles. The monoisotopic (exact) mass is 235 g/mol. The van der Waals surface area contributed by atoms with Crippen molar-refractivity contribution in [2.45, 2.75) is 39.8 Å². The summed E-state index contributed by atoms with van der Waals surface area (Å²) in [4.78, 5) is 6.47. The van der Waals surface area contributed by atoms with E-state index in [-0.39, 0.29) is 0 Å². The van der Waals surface area contributed by atoms with Crippen molar-refractivity contribution in [1.82, 2.24) is 9.88 Å². The van der Waals surface area contributed by atoms with Gasteiger partial charge >= 0.3 is 0 Å². The van der Waals surface area contributed by atoms with Crippen molar-refractivity contribution in [2.75, 3.05) is 13.1 Å². The van der Waals surface area contributed by atoms with Gasteiger partial charge in [-0.05, 0) is 43.1 Å². The van der Waals surface area contributed by atoms with Crippen LogP contribution in [0.3, 0.4) is 0 Å². The number of rotatable bonds is 7. The summed E-state index contributed by atoms with van der Waals surface area (Å²) in [6, 6.07) is 4.46. The van der Waals surface area contributed by atoms with Crippen molar-refractivity contribution in [3.63, 3.8) is 0 Å². The summed E-state index contributed by atoms with van der Waals surface area (Å²) in [6.07, 6.45) is 4.77. The molecule has 0 spiro atoms. The molecule has 0 saturated heterocycles. The minimum absolute atomic E-state index is 0.307. The Hall–Kier alpha value is -0.930. The Morgan fingerprint density at radius 3 is 2.47 bits per heavy atom. The van der Waals surface area contributed by atoms with Crippen LogP contribution in [0.2, 0.25) is 0 Å². The Morgan fingerprint density at radius 2 is 1.94 bits per heavy atom. The fraction of sp³-hybridized carbons (Fsp3) is 0.643. The summed E-state index contributed by atoms with van der Waals surface area (Å²) in [5, 5.41) is 0. The van der Waals surface area contributed by atoms with Crippen LogP contribution < -0.4 is 5.73 Å². The lowest BCUT2D eigenvalue weighted by molar-refractivity contribution is 0.258. The maximum atomic E-state index is 6.08. The third kappa shape index (κ3) is 5.29. The molecule has 0 saturated carbocycles. The van der Waals surface area contributed by atoms with E-state index >= 15 is 0 Å². The largest absolute Gasteiger partial charge is 0.327 e. The van der Waals surface area contributed by atoms with Gasteiger partial charge in [0.1, 0.15) is 0 Å². The first-order chi connectivity index (χ1) is 8.13. The molecule has 2 N–H and O–H groups in total. The summed E-state index contributed by atoms with van der Waals surface area (Å²) in [6.45, 7) is 9.69. The first-order valence-electron chi connectivity index (χ1n) is 6.50. The van der Waals surface area contributed by atoms with Crippen LogP contribution in [0.15, 0.2) is 24.5 Å². The minimum atomic E-state index is 0.307. The van der Waals surface area contributed by atoms with Gasteiger partial charge in [-0.25, -0.2) is 0 Å². The molecule has 1 atom stereocenters. The van der Waals surface area contributed by atoms with Crippen LogP contribution in [0, 0.1) is 5.92 Å². The molecule has 0 radical (unpaired) electrons. The van der Waals surface area contributed by atoms with Gasteiger partial charge in [0.05, 0.1) is 0 Å². The molecule has 1 aromatic rings. The van der Waals surface area contributed by atoms with Crippen molar-refractivity contribution < 1.29 is 0 Å². The highest BCUT2D eigenvalue weighted by Crippen LogP contribution is 2.07. The van der Waals surface area contributed by atoms with Crippen molar-refractivity contribution >= 4 is 0 Å². The zero-order valence-corrected chi connectivity index (χ0v) is 11.3. The molecule has 0 aliphatic heterocycles. The summed E-state index contributed by atoms with van der Waals surface area (Å²) < 4.78 is 0. The zero-order chi connectivity index (χ0) is 12.7. The van der Waals surface area contributed by atoms with Crippen LogP contribution in [0.5, 0.6) is 0 Å². The highest BCUT2D eigenvalue weighted by atomic mass is 15.1. The van der Waals surface area contributed by atoms with Gasteiger partial charge in [-0.1, -0.05) is 20.8 Å². The topological polar surface area (TPSA) is 42.1 Å². The van der Waals surface area contributed by atoms with Crippen molar-refractivity contribution in [1.29, 1.82) is 0 Å². The Bertz CT molecular complexity index is 298. The van der Waals surface area contributed by atoms with Crippen molar-refractivity contribution in [3.05, 3.63) is 30.1 Å².